The molecule has 0 saturated heterocycles. The van der Waals surface area contributed by atoms with E-state index < -0.39 is 17.7 Å². The van der Waals surface area contributed by atoms with Crippen LogP contribution in [-0.4, -0.2) is 12.1 Å². The van der Waals surface area contributed by atoms with Gasteiger partial charge in [-0.2, -0.15) is 18.4 Å². The Hall–Kier alpha value is -2.37. The zero-order chi connectivity index (χ0) is 18.3. The van der Waals surface area contributed by atoms with E-state index in [0.717, 1.165) is 12.3 Å². The minimum Gasteiger partial charge on any atom is -0.495 e. The molecule has 1 heterocycles. The molecule has 2 N–H and O–H groups in total. The highest BCUT2D eigenvalue weighted by molar-refractivity contribution is 6.30. The minimum absolute atomic E-state index is 0.0148. The smallest absolute Gasteiger partial charge is 0.433 e. The first kappa shape index (κ1) is 19.7. The van der Waals surface area contributed by atoms with Crippen LogP contribution in [0.3, 0.4) is 0 Å². The topological polar surface area (TPSA) is 71.9 Å². The van der Waals surface area contributed by atoms with Gasteiger partial charge in [-0.3, -0.25) is 0 Å². The van der Waals surface area contributed by atoms with Crippen molar-refractivity contribution in [1.29, 1.82) is 5.26 Å². The molecule has 0 bridgehead atoms. The van der Waals surface area contributed by atoms with E-state index in [-0.39, 0.29) is 22.9 Å². The molecule has 0 fully saturated rings. The zero-order valence-electron chi connectivity index (χ0n) is 12.4. The number of nitrogens with zero attached hydrogens (tertiary/aromatic N) is 2. The van der Waals surface area contributed by atoms with Crippen molar-refractivity contribution >= 4 is 11.6 Å². The van der Waals surface area contributed by atoms with E-state index in [0.29, 0.717) is 5.56 Å². The van der Waals surface area contributed by atoms with Crippen molar-refractivity contribution in [3.8, 4) is 11.8 Å². The van der Waals surface area contributed by atoms with Gasteiger partial charge in [-0.1, -0.05) is 11.6 Å². The number of rotatable bonds is 2. The average Bonchev–Trinajstić information content (AvgIpc) is 2.56. The number of nitrogens with two attached hydrogens (primary N) is 1. The van der Waals surface area contributed by atoms with E-state index in [2.05, 4.69) is 4.98 Å². The summed E-state index contributed by atoms with van der Waals surface area (Å²) in [5.41, 5.74) is 4.96. The Morgan fingerprint density at radius 3 is 2.46 bits per heavy atom. The second-order valence-electron chi connectivity index (χ2n) is 4.32. The second-order valence-corrected chi connectivity index (χ2v) is 4.73. The Balaban J connectivity index is 0.000000254. The summed E-state index contributed by atoms with van der Waals surface area (Å²) >= 11 is 5.37. The van der Waals surface area contributed by atoms with E-state index in [1.54, 1.807) is 0 Å². The van der Waals surface area contributed by atoms with Gasteiger partial charge in [0, 0.05) is 12.1 Å². The Bertz CT molecular complexity index is 744. The Morgan fingerprint density at radius 1 is 1.33 bits per heavy atom. The largest absolute Gasteiger partial charge is 0.495 e. The third kappa shape index (κ3) is 5.37. The van der Waals surface area contributed by atoms with E-state index >= 15 is 0 Å². The summed E-state index contributed by atoms with van der Waals surface area (Å²) < 4.78 is 53.8. The molecule has 0 aliphatic carbocycles. The molecule has 0 spiro atoms. The maximum absolute atomic E-state index is 12.4. The molecule has 24 heavy (non-hydrogen) atoms. The summed E-state index contributed by atoms with van der Waals surface area (Å²) in [4.78, 5) is 3.22. The summed E-state index contributed by atoms with van der Waals surface area (Å²) in [6.45, 7) is -0.0191. The Morgan fingerprint density at radius 2 is 2.00 bits per heavy atom. The van der Waals surface area contributed by atoms with Crippen molar-refractivity contribution in [2.24, 2.45) is 5.73 Å². The molecule has 1 aromatic heterocycles. The van der Waals surface area contributed by atoms with Gasteiger partial charge in [-0.15, -0.1) is 0 Å². The molecule has 0 aliphatic rings. The van der Waals surface area contributed by atoms with Crippen LogP contribution in [0, 0.1) is 17.1 Å². The van der Waals surface area contributed by atoms with Gasteiger partial charge in [0.15, 0.2) is 0 Å². The van der Waals surface area contributed by atoms with Crippen LogP contribution in [-0.2, 0) is 12.7 Å². The maximum Gasteiger partial charge on any atom is 0.433 e. The quantitative estimate of drug-likeness (QED) is 0.823. The lowest BCUT2D eigenvalue weighted by atomic mass is 10.2. The first-order chi connectivity index (χ1) is 11.2. The average molecular weight is 362 g/mol. The van der Waals surface area contributed by atoms with Gasteiger partial charge in [0.2, 0.25) is 0 Å². The van der Waals surface area contributed by atoms with Gasteiger partial charge in [-0.05, 0) is 24.3 Å². The van der Waals surface area contributed by atoms with Crippen molar-refractivity contribution in [3.63, 3.8) is 0 Å². The van der Waals surface area contributed by atoms with Crippen molar-refractivity contribution in [1.82, 2.24) is 4.98 Å². The lowest BCUT2D eigenvalue weighted by Gasteiger charge is -2.10. The fourth-order valence-corrected chi connectivity index (χ4v) is 1.73. The fraction of sp³-hybridized carbons (Fsp3) is 0.200. The number of halogens is 5. The van der Waals surface area contributed by atoms with Crippen molar-refractivity contribution in [2.75, 3.05) is 7.11 Å². The summed E-state index contributed by atoms with van der Waals surface area (Å²) in [5.74, 6) is -0.235. The summed E-state index contributed by atoms with van der Waals surface area (Å²) in [6.07, 6.45) is -3.43. The fourth-order valence-electron chi connectivity index (χ4n) is 1.55. The molecule has 9 heteroatoms. The van der Waals surface area contributed by atoms with Crippen LogP contribution in [0.25, 0.3) is 0 Å². The highest BCUT2D eigenvalue weighted by Gasteiger charge is 2.32. The van der Waals surface area contributed by atoms with Crippen LogP contribution in [0.1, 0.15) is 16.8 Å². The Labute approximate surface area is 140 Å². The van der Waals surface area contributed by atoms with Gasteiger partial charge in [0.25, 0.3) is 0 Å². The van der Waals surface area contributed by atoms with Crippen LogP contribution >= 0.6 is 11.6 Å². The number of hydrogen-bond donors (Lipinski definition) is 1. The normalized spacial score (nSPS) is 10.4. The predicted octanol–water partition coefficient (Wildman–Crippen LogP) is 3.92. The molecule has 1 aromatic carbocycles. The van der Waals surface area contributed by atoms with Gasteiger partial charge >= 0.3 is 6.18 Å². The Kier molecular flexibility index (Phi) is 6.95. The van der Waals surface area contributed by atoms with Crippen LogP contribution in [0.4, 0.5) is 17.6 Å². The summed E-state index contributed by atoms with van der Waals surface area (Å²) in [6, 6.07) is 6.56. The van der Waals surface area contributed by atoms with Crippen LogP contribution in [0.5, 0.6) is 5.75 Å². The number of ether oxygens (including phenoxy) is 1. The molecule has 4 nitrogen and oxygen atoms in total. The third-order valence-corrected chi connectivity index (χ3v) is 3.02. The molecule has 0 radical (unpaired) electrons. The molecule has 0 aliphatic heterocycles. The van der Waals surface area contributed by atoms with E-state index in [4.69, 9.17) is 27.3 Å². The highest BCUT2D eigenvalue weighted by Crippen LogP contribution is 2.30. The number of methoxy groups -OCH3 is 1. The zero-order valence-corrected chi connectivity index (χ0v) is 13.1. The van der Waals surface area contributed by atoms with E-state index in [9.17, 15) is 17.6 Å². The molecule has 0 saturated carbocycles. The number of hydrogen-bond acceptors (Lipinski definition) is 4. The second kappa shape index (κ2) is 8.47. The molecule has 0 atom stereocenters. The molecule has 2 aromatic rings. The van der Waals surface area contributed by atoms with Crippen LogP contribution in [0.15, 0.2) is 30.5 Å². The van der Waals surface area contributed by atoms with Crippen LogP contribution in [0.2, 0.25) is 5.02 Å². The van der Waals surface area contributed by atoms with Crippen molar-refractivity contribution in [2.45, 2.75) is 12.7 Å². The van der Waals surface area contributed by atoms with Gasteiger partial charge in [0.05, 0.1) is 30.0 Å². The van der Waals surface area contributed by atoms with Gasteiger partial charge in [-0.25, -0.2) is 9.37 Å². The third-order valence-electron chi connectivity index (χ3n) is 2.73. The van der Waals surface area contributed by atoms with Crippen molar-refractivity contribution in [3.05, 3.63) is 58.1 Å². The first-order valence-corrected chi connectivity index (χ1v) is 6.76. The molecule has 0 amide bonds. The minimum atomic E-state index is -4.45. The van der Waals surface area contributed by atoms with Crippen molar-refractivity contribution < 1.29 is 22.3 Å². The number of aromatic nitrogens is 1. The molecule has 2 rings (SSSR count). The number of benzene rings is 1. The van der Waals surface area contributed by atoms with E-state index in [1.807, 2.05) is 6.07 Å². The number of nitriles is 1. The lowest BCUT2D eigenvalue weighted by Crippen LogP contribution is -2.10. The standard InChI is InChI=1S/C8H9F3N2O.C7H3ClFN/c1-14-6-4-13-7(8(9,10)11)2-5(6)3-12;8-6-3-5(4-10)1-2-7(6)9/h2,4H,3,12H2,1H3;1-3H. The van der Waals surface area contributed by atoms with E-state index in [1.165, 1.54) is 25.3 Å². The maximum atomic E-state index is 12.4. The molecular weight excluding hydrogens is 350 g/mol. The monoisotopic (exact) mass is 361 g/mol. The molecular formula is C15H12ClF4N3O. The van der Waals surface area contributed by atoms with Crippen LogP contribution < -0.4 is 10.5 Å². The lowest BCUT2D eigenvalue weighted by molar-refractivity contribution is -0.141. The van der Waals surface area contributed by atoms with Gasteiger partial charge in [0.1, 0.15) is 17.3 Å². The number of pyridine rings is 1. The summed E-state index contributed by atoms with van der Waals surface area (Å²) in [5, 5.41) is 8.31. The number of alkyl halides is 3. The van der Waals surface area contributed by atoms with Gasteiger partial charge < -0.3 is 10.5 Å². The summed E-state index contributed by atoms with van der Waals surface area (Å²) in [7, 11) is 1.35. The molecule has 128 valence electrons. The predicted molar refractivity (Wildman–Crippen MR) is 79.8 cm³/mol. The highest BCUT2D eigenvalue weighted by atomic mass is 35.5. The SMILES string of the molecule is COc1cnc(C(F)(F)F)cc1CN.N#Cc1ccc(F)c(Cl)c1. The molecule has 0 unspecified atom stereocenters. The first-order valence-electron chi connectivity index (χ1n) is 6.38.